The number of methoxy groups -OCH3 is 1. The van der Waals surface area contributed by atoms with E-state index in [4.69, 9.17) is 9.47 Å². The van der Waals surface area contributed by atoms with Crippen molar-refractivity contribution in [3.05, 3.63) is 59.2 Å². The molecule has 0 amide bonds. The van der Waals surface area contributed by atoms with Crippen molar-refractivity contribution < 1.29 is 19.4 Å². The number of para-hydroxylation sites is 1. The number of rotatable bonds is 4. The molecule has 0 bridgehead atoms. The third-order valence-corrected chi connectivity index (χ3v) is 5.61. The Kier molecular flexibility index (Phi) is 4.11. The fraction of sp³-hybridized carbons (Fsp3) is 0.381. The lowest BCUT2D eigenvalue weighted by atomic mass is 9.73. The number of ether oxygens (including phenoxy) is 2. The van der Waals surface area contributed by atoms with Crippen molar-refractivity contribution in [1.29, 1.82) is 0 Å². The standard InChI is InChI=1S/C21H23NO4/c1-14-5-3-6-15(9-14)10-22-11-17-16-7-4-8-18(25-2)19(16)26-13-21(17,12-22)20(23)24/h3-9,17H,10-13H2,1-2H3,(H,23,24)/t17-,21-/m1/s1. The highest BCUT2D eigenvalue weighted by molar-refractivity contribution is 5.79. The van der Waals surface area contributed by atoms with Gasteiger partial charge in [-0.25, -0.2) is 0 Å². The molecule has 0 radical (unpaired) electrons. The molecule has 2 heterocycles. The van der Waals surface area contributed by atoms with Crippen LogP contribution in [-0.4, -0.2) is 42.8 Å². The van der Waals surface area contributed by atoms with E-state index in [1.807, 2.05) is 24.3 Å². The van der Waals surface area contributed by atoms with E-state index in [1.54, 1.807) is 7.11 Å². The summed E-state index contributed by atoms with van der Waals surface area (Å²) in [7, 11) is 1.61. The normalized spacial score (nSPS) is 24.5. The number of carbonyl (C=O) groups is 1. The summed E-state index contributed by atoms with van der Waals surface area (Å²) in [4.78, 5) is 14.5. The zero-order valence-corrected chi connectivity index (χ0v) is 15.1. The number of fused-ring (bicyclic) bond motifs is 3. The predicted octanol–water partition coefficient (Wildman–Crippen LogP) is 3.07. The van der Waals surface area contributed by atoms with Crippen LogP contribution in [0.1, 0.15) is 22.6 Å². The number of aliphatic carboxylic acids is 1. The summed E-state index contributed by atoms with van der Waals surface area (Å²) in [5.41, 5.74) is 2.44. The first-order valence-corrected chi connectivity index (χ1v) is 8.84. The molecular formula is C21H23NO4. The molecule has 5 heteroatoms. The Hall–Kier alpha value is -2.53. The van der Waals surface area contributed by atoms with Crippen LogP contribution < -0.4 is 9.47 Å². The minimum absolute atomic E-state index is 0.108. The van der Waals surface area contributed by atoms with Gasteiger partial charge >= 0.3 is 5.97 Å². The molecule has 0 unspecified atom stereocenters. The summed E-state index contributed by atoms with van der Waals surface area (Å²) in [6, 6.07) is 14.1. The highest BCUT2D eigenvalue weighted by Gasteiger charge is 2.56. The second-order valence-corrected chi connectivity index (χ2v) is 7.34. The molecule has 1 fully saturated rings. The van der Waals surface area contributed by atoms with Crippen LogP contribution >= 0.6 is 0 Å². The maximum absolute atomic E-state index is 12.2. The van der Waals surface area contributed by atoms with Crippen LogP contribution in [0.4, 0.5) is 0 Å². The van der Waals surface area contributed by atoms with Crippen molar-refractivity contribution in [2.75, 3.05) is 26.8 Å². The fourth-order valence-corrected chi connectivity index (χ4v) is 4.34. The highest BCUT2D eigenvalue weighted by atomic mass is 16.5. The van der Waals surface area contributed by atoms with E-state index in [0.29, 0.717) is 24.6 Å². The van der Waals surface area contributed by atoms with Gasteiger partial charge in [0.2, 0.25) is 0 Å². The fourth-order valence-electron chi connectivity index (χ4n) is 4.34. The van der Waals surface area contributed by atoms with Crippen molar-refractivity contribution in [2.45, 2.75) is 19.4 Å². The van der Waals surface area contributed by atoms with E-state index in [9.17, 15) is 9.90 Å². The maximum Gasteiger partial charge on any atom is 0.315 e. The van der Waals surface area contributed by atoms with Crippen LogP contribution in [0.3, 0.4) is 0 Å². The van der Waals surface area contributed by atoms with Gasteiger partial charge in [-0.15, -0.1) is 0 Å². The van der Waals surface area contributed by atoms with Gasteiger partial charge in [-0.3, -0.25) is 9.69 Å². The summed E-state index contributed by atoms with van der Waals surface area (Å²) >= 11 is 0. The van der Waals surface area contributed by atoms with Gasteiger partial charge in [-0.2, -0.15) is 0 Å². The van der Waals surface area contributed by atoms with Gasteiger partial charge in [0.15, 0.2) is 11.5 Å². The van der Waals surface area contributed by atoms with Gasteiger partial charge in [0.25, 0.3) is 0 Å². The lowest BCUT2D eigenvalue weighted by Crippen LogP contribution is -2.45. The van der Waals surface area contributed by atoms with E-state index in [2.05, 4.69) is 30.0 Å². The lowest BCUT2D eigenvalue weighted by Gasteiger charge is -2.36. The number of aryl methyl sites for hydroxylation is 1. The molecule has 1 N–H and O–H groups in total. The number of carboxylic acids is 1. The zero-order valence-electron chi connectivity index (χ0n) is 15.1. The molecule has 5 nitrogen and oxygen atoms in total. The lowest BCUT2D eigenvalue weighted by molar-refractivity contribution is -0.152. The maximum atomic E-state index is 12.2. The van der Waals surface area contributed by atoms with Gasteiger partial charge in [0, 0.05) is 31.1 Å². The van der Waals surface area contributed by atoms with Gasteiger partial charge in [-0.1, -0.05) is 42.0 Å². The molecule has 0 aromatic heterocycles. The number of benzene rings is 2. The van der Waals surface area contributed by atoms with E-state index >= 15 is 0 Å². The smallest absolute Gasteiger partial charge is 0.315 e. The van der Waals surface area contributed by atoms with Crippen molar-refractivity contribution in [2.24, 2.45) is 5.41 Å². The Labute approximate surface area is 153 Å². The Morgan fingerprint density at radius 3 is 2.88 bits per heavy atom. The van der Waals surface area contributed by atoms with Crippen LogP contribution in [0, 0.1) is 12.3 Å². The number of hydrogen-bond donors (Lipinski definition) is 1. The minimum Gasteiger partial charge on any atom is -0.493 e. The van der Waals surface area contributed by atoms with E-state index in [-0.39, 0.29) is 12.5 Å². The first-order valence-electron chi connectivity index (χ1n) is 8.84. The molecule has 2 aromatic carbocycles. The molecule has 2 aliphatic rings. The van der Waals surface area contributed by atoms with Crippen molar-refractivity contribution in [1.82, 2.24) is 4.90 Å². The summed E-state index contributed by atoms with van der Waals surface area (Å²) in [6.07, 6.45) is 0. The molecule has 0 aliphatic carbocycles. The first-order chi connectivity index (χ1) is 12.5. The van der Waals surface area contributed by atoms with Gasteiger partial charge in [0.05, 0.1) is 7.11 Å². The Morgan fingerprint density at radius 1 is 1.35 bits per heavy atom. The predicted molar refractivity (Wildman–Crippen MR) is 97.8 cm³/mol. The second-order valence-electron chi connectivity index (χ2n) is 7.34. The van der Waals surface area contributed by atoms with E-state index in [0.717, 1.165) is 12.1 Å². The number of nitrogens with zero attached hydrogens (tertiary/aromatic N) is 1. The van der Waals surface area contributed by atoms with Gasteiger partial charge in [0.1, 0.15) is 12.0 Å². The zero-order chi connectivity index (χ0) is 18.3. The average Bonchev–Trinajstić information content (AvgIpc) is 3.01. The van der Waals surface area contributed by atoms with E-state index < -0.39 is 11.4 Å². The Balaban J connectivity index is 1.68. The molecule has 136 valence electrons. The van der Waals surface area contributed by atoms with Crippen LogP contribution in [-0.2, 0) is 11.3 Å². The third kappa shape index (κ3) is 2.63. The molecule has 2 atom stereocenters. The molecule has 2 aliphatic heterocycles. The van der Waals surface area contributed by atoms with Crippen LogP contribution in [0.2, 0.25) is 0 Å². The summed E-state index contributed by atoms with van der Waals surface area (Å²) < 4.78 is 11.3. The SMILES string of the molecule is COc1cccc2c1OC[C@]1(C(=O)O)CN(Cc3cccc(C)c3)C[C@H]21. The van der Waals surface area contributed by atoms with Crippen molar-refractivity contribution >= 4 is 5.97 Å². The molecule has 4 rings (SSSR count). The minimum atomic E-state index is -0.914. The molecule has 26 heavy (non-hydrogen) atoms. The second kappa shape index (κ2) is 6.32. The molecule has 2 aromatic rings. The average molecular weight is 353 g/mol. The largest absolute Gasteiger partial charge is 0.493 e. The number of likely N-dealkylation sites (tertiary alicyclic amines) is 1. The molecule has 0 spiro atoms. The molecular weight excluding hydrogens is 330 g/mol. The van der Waals surface area contributed by atoms with Crippen molar-refractivity contribution in [3.63, 3.8) is 0 Å². The highest BCUT2D eigenvalue weighted by Crippen LogP contribution is 2.52. The Morgan fingerprint density at radius 2 is 2.15 bits per heavy atom. The van der Waals surface area contributed by atoms with Crippen molar-refractivity contribution in [3.8, 4) is 11.5 Å². The summed E-state index contributed by atoms with van der Waals surface area (Å²) in [5.74, 6) is 0.458. The molecule has 1 saturated heterocycles. The number of hydrogen-bond acceptors (Lipinski definition) is 4. The van der Waals surface area contributed by atoms with E-state index in [1.165, 1.54) is 11.1 Å². The monoisotopic (exact) mass is 353 g/mol. The van der Waals surface area contributed by atoms with Crippen LogP contribution in [0.15, 0.2) is 42.5 Å². The first kappa shape index (κ1) is 16.9. The Bertz CT molecular complexity index is 850. The van der Waals surface area contributed by atoms with Gasteiger partial charge in [-0.05, 0) is 18.6 Å². The summed E-state index contributed by atoms with van der Waals surface area (Å²) in [6.45, 7) is 4.17. The topological polar surface area (TPSA) is 59.0 Å². The quantitative estimate of drug-likeness (QED) is 0.915. The number of carboxylic acid groups (broad SMARTS) is 1. The third-order valence-electron chi connectivity index (χ3n) is 5.61. The van der Waals surface area contributed by atoms with Crippen LogP contribution in [0.25, 0.3) is 0 Å². The molecule has 0 saturated carbocycles. The van der Waals surface area contributed by atoms with Crippen LogP contribution in [0.5, 0.6) is 11.5 Å². The summed E-state index contributed by atoms with van der Waals surface area (Å²) in [5, 5.41) is 10.0. The van der Waals surface area contributed by atoms with Gasteiger partial charge < -0.3 is 14.6 Å².